The molecule has 1 saturated heterocycles. The third kappa shape index (κ3) is 0.936. The smallest absolute Gasteiger partial charge is 0.0580 e. The first-order valence-corrected chi connectivity index (χ1v) is 4.83. The molecule has 64 valence electrons. The van der Waals surface area contributed by atoms with Crippen LogP contribution in [0.4, 0.5) is 0 Å². The predicted molar refractivity (Wildman–Crippen MR) is 45.3 cm³/mol. The summed E-state index contributed by atoms with van der Waals surface area (Å²) in [4.78, 5) is 0. The second-order valence-electron chi connectivity index (χ2n) is 4.32. The van der Waals surface area contributed by atoms with Crippen LogP contribution in [0.1, 0.15) is 27.2 Å². The molecule has 1 nitrogen and oxygen atoms in total. The molecule has 1 aliphatic heterocycles. The van der Waals surface area contributed by atoms with Gasteiger partial charge in [-0.15, -0.1) is 0 Å². The Kier molecular flexibility index (Phi) is 1.71. The van der Waals surface area contributed by atoms with Crippen molar-refractivity contribution in [1.82, 2.24) is 0 Å². The van der Waals surface area contributed by atoms with E-state index in [1.807, 2.05) is 0 Å². The van der Waals surface area contributed by atoms with Crippen LogP contribution in [-0.4, -0.2) is 12.7 Å². The molecule has 1 heteroatoms. The molecule has 0 aromatic rings. The van der Waals surface area contributed by atoms with Crippen molar-refractivity contribution in [3.05, 3.63) is 0 Å². The number of ether oxygens (including phenoxy) is 1. The van der Waals surface area contributed by atoms with Gasteiger partial charge in [-0.05, 0) is 37.0 Å². The van der Waals surface area contributed by atoms with Gasteiger partial charge < -0.3 is 4.74 Å². The Labute approximate surface area is 69.1 Å². The lowest BCUT2D eigenvalue weighted by Gasteiger charge is -2.54. The second kappa shape index (κ2) is 2.48. The molecular weight excluding hydrogens is 136 g/mol. The van der Waals surface area contributed by atoms with E-state index in [-0.39, 0.29) is 0 Å². The highest BCUT2D eigenvalue weighted by molar-refractivity contribution is 4.97. The highest BCUT2D eigenvalue weighted by atomic mass is 16.5. The van der Waals surface area contributed by atoms with Gasteiger partial charge in [0, 0.05) is 6.61 Å². The molecule has 5 atom stereocenters. The Morgan fingerprint density at radius 2 is 1.82 bits per heavy atom. The molecule has 11 heavy (non-hydrogen) atoms. The molecule has 0 aromatic carbocycles. The number of rotatable bonds is 0. The lowest BCUT2D eigenvalue weighted by atomic mass is 9.54. The fourth-order valence-corrected chi connectivity index (χ4v) is 3.07. The summed E-state index contributed by atoms with van der Waals surface area (Å²) in [5.41, 5.74) is 0. The highest BCUT2D eigenvalue weighted by Crippen LogP contribution is 2.51. The minimum atomic E-state index is 0.528. The van der Waals surface area contributed by atoms with Gasteiger partial charge in [-0.25, -0.2) is 0 Å². The molecule has 0 spiro atoms. The van der Waals surface area contributed by atoms with Gasteiger partial charge in [0.1, 0.15) is 0 Å². The van der Waals surface area contributed by atoms with Crippen molar-refractivity contribution in [2.24, 2.45) is 23.7 Å². The zero-order valence-corrected chi connectivity index (χ0v) is 7.71. The minimum absolute atomic E-state index is 0.528. The minimum Gasteiger partial charge on any atom is -0.378 e. The Morgan fingerprint density at radius 3 is 2.45 bits per heavy atom. The molecule has 1 saturated carbocycles. The van der Waals surface area contributed by atoms with E-state index in [1.165, 1.54) is 6.42 Å². The van der Waals surface area contributed by atoms with Crippen LogP contribution in [0.15, 0.2) is 0 Å². The summed E-state index contributed by atoms with van der Waals surface area (Å²) in [5.74, 6) is 3.70. The van der Waals surface area contributed by atoms with Crippen molar-refractivity contribution in [2.75, 3.05) is 6.61 Å². The van der Waals surface area contributed by atoms with Crippen LogP contribution in [0.3, 0.4) is 0 Å². The fourth-order valence-electron chi connectivity index (χ4n) is 3.07. The molecule has 2 fully saturated rings. The maximum atomic E-state index is 5.63. The monoisotopic (exact) mass is 154 g/mol. The third-order valence-corrected chi connectivity index (χ3v) is 3.98. The van der Waals surface area contributed by atoms with E-state index in [0.29, 0.717) is 6.10 Å². The van der Waals surface area contributed by atoms with Crippen molar-refractivity contribution < 1.29 is 4.74 Å². The van der Waals surface area contributed by atoms with E-state index in [2.05, 4.69) is 20.8 Å². The van der Waals surface area contributed by atoms with Crippen LogP contribution in [0.2, 0.25) is 0 Å². The van der Waals surface area contributed by atoms with Gasteiger partial charge >= 0.3 is 0 Å². The lowest BCUT2D eigenvalue weighted by molar-refractivity contribution is -0.152. The Bertz CT molecular complexity index is 151. The van der Waals surface area contributed by atoms with Crippen LogP contribution in [0.25, 0.3) is 0 Å². The Hall–Kier alpha value is -0.0400. The van der Waals surface area contributed by atoms with E-state index in [4.69, 9.17) is 4.74 Å². The molecule has 1 heterocycles. The first-order valence-electron chi connectivity index (χ1n) is 4.83. The molecule has 2 aliphatic rings. The van der Waals surface area contributed by atoms with Gasteiger partial charge in [-0.3, -0.25) is 0 Å². The molecule has 0 N–H and O–H groups in total. The first kappa shape index (κ1) is 7.60. The van der Waals surface area contributed by atoms with Crippen LogP contribution in [-0.2, 0) is 4.74 Å². The molecule has 0 radical (unpaired) electrons. The predicted octanol–water partition coefficient (Wildman–Crippen LogP) is 2.31. The van der Waals surface area contributed by atoms with Crippen LogP contribution >= 0.6 is 0 Å². The number of fused-ring (bicyclic) bond motifs is 1. The van der Waals surface area contributed by atoms with Gasteiger partial charge in [-0.2, -0.15) is 0 Å². The standard InChI is InChI=1S/C10H18O/c1-6-7(2)10-8(3)11-5-4-9(6)10/h6-10H,4-5H2,1-3H3. The molecule has 5 unspecified atom stereocenters. The SMILES string of the molecule is CC1OCCC2C(C)C(C)C12. The van der Waals surface area contributed by atoms with Gasteiger partial charge in [0.15, 0.2) is 0 Å². The zero-order chi connectivity index (χ0) is 8.01. The lowest BCUT2D eigenvalue weighted by Crippen LogP contribution is -2.53. The van der Waals surface area contributed by atoms with E-state index in [0.717, 1.165) is 30.3 Å². The third-order valence-electron chi connectivity index (χ3n) is 3.98. The largest absolute Gasteiger partial charge is 0.378 e. The van der Waals surface area contributed by atoms with E-state index in [1.54, 1.807) is 0 Å². The van der Waals surface area contributed by atoms with Crippen molar-refractivity contribution in [1.29, 1.82) is 0 Å². The van der Waals surface area contributed by atoms with Crippen molar-refractivity contribution in [2.45, 2.75) is 33.3 Å². The molecule has 2 rings (SSSR count). The average molecular weight is 154 g/mol. The van der Waals surface area contributed by atoms with Crippen LogP contribution in [0, 0.1) is 23.7 Å². The Morgan fingerprint density at radius 1 is 1.09 bits per heavy atom. The number of hydrogen-bond donors (Lipinski definition) is 0. The summed E-state index contributed by atoms with van der Waals surface area (Å²) in [6, 6.07) is 0. The van der Waals surface area contributed by atoms with E-state index < -0.39 is 0 Å². The van der Waals surface area contributed by atoms with Gasteiger partial charge in [-0.1, -0.05) is 13.8 Å². The zero-order valence-electron chi connectivity index (χ0n) is 7.71. The summed E-state index contributed by atoms with van der Waals surface area (Å²) in [5, 5.41) is 0. The summed E-state index contributed by atoms with van der Waals surface area (Å²) < 4.78 is 5.63. The normalized spacial score (nSPS) is 56.5. The van der Waals surface area contributed by atoms with Crippen molar-refractivity contribution in [3.8, 4) is 0 Å². The molecule has 0 amide bonds. The van der Waals surface area contributed by atoms with Gasteiger partial charge in [0.2, 0.25) is 0 Å². The number of hydrogen-bond acceptors (Lipinski definition) is 1. The molecule has 0 bridgehead atoms. The van der Waals surface area contributed by atoms with Gasteiger partial charge in [0.25, 0.3) is 0 Å². The maximum Gasteiger partial charge on any atom is 0.0580 e. The molecular formula is C10H18O. The molecule has 0 aromatic heterocycles. The first-order chi connectivity index (χ1) is 5.22. The Balaban J connectivity index is 2.05. The quantitative estimate of drug-likeness (QED) is 0.520. The topological polar surface area (TPSA) is 9.23 Å². The fraction of sp³-hybridized carbons (Fsp3) is 1.00. The summed E-state index contributed by atoms with van der Waals surface area (Å²) in [6.45, 7) is 8.00. The van der Waals surface area contributed by atoms with Crippen molar-refractivity contribution >= 4 is 0 Å². The van der Waals surface area contributed by atoms with Crippen LogP contribution in [0.5, 0.6) is 0 Å². The summed E-state index contributed by atoms with van der Waals surface area (Å²) in [6.07, 6.45) is 1.83. The highest BCUT2D eigenvalue weighted by Gasteiger charge is 2.49. The molecule has 1 aliphatic carbocycles. The van der Waals surface area contributed by atoms with Crippen LogP contribution < -0.4 is 0 Å². The maximum absolute atomic E-state index is 5.63. The van der Waals surface area contributed by atoms with E-state index in [9.17, 15) is 0 Å². The van der Waals surface area contributed by atoms with E-state index >= 15 is 0 Å². The summed E-state index contributed by atoms with van der Waals surface area (Å²) in [7, 11) is 0. The van der Waals surface area contributed by atoms with Gasteiger partial charge in [0.05, 0.1) is 6.10 Å². The second-order valence-corrected chi connectivity index (χ2v) is 4.32. The van der Waals surface area contributed by atoms with Crippen molar-refractivity contribution in [3.63, 3.8) is 0 Å². The summed E-state index contributed by atoms with van der Waals surface area (Å²) >= 11 is 0. The average Bonchev–Trinajstić information content (AvgIpc) is 2.03.